The van der Waals surface area contributed by atoms with Gasteiger partial charge < -0.3 is 14.9 Å². The molecule has 0 saturated carbocycles. The molecule has 0 aromatic heterocycles. The number of nitrogens with one attached hydrogen (secondary N) is 1. The number of aliphatic hydroxyl groups excluding tert-OH is 1. The third-order valence-corrected chi connectivity index (χ3v) is 3.99. The van der Waals surface area contributed by atoms with Gasteiger partial charge in [-0.05, 0) is 44.5 Å². The maximum atomic E-state index is 12.0. The summed E-state index contributed by atoms with van der Waals surface area (Å²) in [6, 6.07) is 4.32. The third-order valence-electron chi connectivity index (χ3n) is 2.57. The van der Waals surface area contributed by atoms with Gasteiger partial charge in [-0.25, -0.2) is 17.9 Å². The normalized spacial score (nSPS) is 13.2. The van der Waals surface area contributed by atoms with E-state index >= 15 is 0 Å². The van der Waals surface area contributed by atoms with Gasteiger partial charge >= 0.3 is 5.97 Å². The number of benzene rings is 1. The van der Waals surface area contributed by atoms with Crippen LogP contribution in [0.4, 0.5) is 0 Å². The maximum Gasteiger partial charge on any atom is 0.333 e. The quantitative estimate of drug-likeness (QED) is 0.675. The molecule has 21 heavy (non-hydrogen) atoms. The van der Waals surface area contributed by atoms with Crippen LogP contribution in [0.5, 0.6) is 5.75 Å². The summed E-state index contributed by atoms with van der Waals surface area (Å²) in [4.78, 5) is 10.4. The minimum Gasteiger partial charge on any atom is -0.491 e. The van der Waals surface area contributed by atoms with Crippen molar-refractivity contribution in [1.82, 2.24) is 4.72 Å². The monoisotopic (exact) mass is 317 g/mol. The molecular weight excluding hydrogens is 298 g/mol. The average molecular weight is 317 g/mol. The first kappa shape index (κ1) is 17.4. The summed E-state index contributed by atoms with van der Waals surface area (Å²) in [5.41, 5.74) is 0.644. The molecule has 3 N–H and O–H groups in total. The van der Waals surface area contributed by atoms with Gasteiger partial charge in [0.15, 0.2) is 6.10 Å². The maximum absolute atomic E-state index is 12.0. The molecule has 0 fully saturated rings. The number of hydrogen-bond donors (Lipinski definition) is 3. The summed E-state index contributed by atoms with van der Waals surface area (Å²) in [5, 5.41) is 17.6. The molecule has 0 aliphatic carbocycles. The van der Waals surface area contributed by atoms with E-state index in [9.17, 15) is 13.2 Å². The van der Waals surface area contributed by atoms with Crippen LogP contribution < -0.4 is 9.46 Å². The number of carboxylic acids is 1. The molecule has 0 aliphatic heterocycles. The van der Waals surface area contributed by atoms with Crippen molar-refractivity contribution in [3.63, 3.8) is 0 Å². The zero-order chi connectivity index (χ0) is 16.2. The van der Waals surface area contributed by atoms with Crippen LogP contribution in [0.15, 0.2) is 23.1 Å². The van der Waals surface area contributed by atoms with Crippen LogP contribution in [-0.2, 0) is 14.8 Å². The van der Waals surface area contributed by atoms with Gasteiger partial charge in [-0.15, -0.1) is 0 Å². The van der Waals surface area contributed by atoms with Crippen LogP contribution in [-0.4, -0.2) is 43.4 Å². The van der Waals surface area contributed by atoms with Gasteiger partial charge in [-0.3, -0.25) is 0 Å². The molecule has 0 amide bonds. The molecule has 0 radical (unpaired) electrons. The highest BCUT2D eigenvalue weighted by molar-refractivity contribution is 7.89. The minimum absolute atomic E-state index is 0.0197. The first-order valence-corrected chi connectivity index (χ1v) is 7.79. The Morgan fingerprint density at radius 2 is 2.00 bits per heavy atom. The lowest BCUT2D eigenvalue weighted by Gasteiger charge is -2.14. The van der Waals surface area contributed by atoms with Crippen molar-refractivity contribution < 1.29 is 28.2 Å². The Morgan fingerprint density at radius 3 is 2.48 bits per heavy atom. The molecule has 8 heteroatoms. The largest absolute Gasteiger partial charge is 0.491 e. The predicted octanol–water partition coefficient (Wildman–Crippen LogP) is 0.506. The topological polar surface area (TPSA) is 113 Å². The number of hydrogen-bond acceptors (Lipinski definition) is 5. The van der Waals surface area contributed by atoms with Gasteiger partial charge in [0.25, 0.3) is 0 Å². The van der Waals surface area contributed by atoms with E-state index in [0.29, 0.717) is 11.3 Å². The van der Waals surface area contributed by atoms with Crippen LogP contribution in [0, 0.1) is 6.92 Å². The Bertz CT molecular complexity index is 611. The second-order valence-electron chi connectivity index (χ2n) is 4.80. The fourth-order valence-corrected chi connectivity index (χ4v) is 2.66. The third kappa shape index (κ3) is 5.00. The van der Waals surface area contributed by atoms with E-state index in [1.165, 1.54) is 18.2 Å². The molecule has 1 atom stereocenters. The SMILES string of the molecule is Cc1cc(S(=O)(=O)NCC(O)C(=O)O)ccc1OC(C)C. The number of aliphatic carboxylic acids is 1. The van der Waals surface area contributed by atoms with E-state index < -0.39 is 28.6 Å². The second kappa shape index (κ2) is 6.88. The molecule has 0 saturated heterocycles. The highest BCUT2D eigenvalue weighted by Gasteiger charge is 2.20. The Labute approximate surface area is 123 Å². The molecule has 0 aliphatic rings. The molecule has 1 aromatic rings. The van der Waals surface area contributed by atoms with Crippen molar-refractivity contribution in [3.05, 3.63) is 23.8 Å². The molecule has 1 aromatic carbocycles. The number of carboxylic acid groups (broad SMARTS) is 1. The number of aryl methyl sites for hydroxylation is 1. The lowest BCUT2D eigenvalue weighted by molar-refractivity contribution is -0.146. The van der Waals surface area contributed by atoms with E-state index in [4.69, 9.17) is 14.9 Å². The lowest BCUT2D eigenvalue weighted by atomic mass is 10.2. The zero-order valence-electron chi connectivity index (χ0n) is 12.0. The molecular formula is C13H19NO6S. The van der Waals surface area contributed by atoms with Gasteiger partial charge in [0, 0.05) is 6.54 Å². The second-order valence-corrected chi connectivity index (χ2v) is 6.57. The fourth-order valence-electron chi connectivity index (χ4n) is 1.53. The van der Waals surface area contributed by atoms with Crippen molar-refractivity contribution in [3.8, 4) is 5.75 Å². The van der Waals surface area contributed by atoms with Crippen molar-refractivity contribution in [1.29, 1.82) is 0 Å². The van der Waals surface area contributed by atoms with Crippen molar-refractivity contribution in [2.45, 2.75) is 37.9 Å². The standard InChI is InChI=1S/C13H19NO6S/c1-8(2)20-12-5-4-10(6-9(12)3)21(18,19)14-7-11(15)13(16)17/h4-6,8,11,14-15H,7H2,1-3H3,(H,16,17). The van der Waals surface area contributed by atoms with E-state index in [1.807, 2.05) is 18.6 Å². The average Bonchev–Trinajstić information content (AvgIpc) is 2.37. The summed E-state index contributed by atoms with van der Waals surface area (Å²) in [5.74, 6) is -0.913. The first-order chi connectivity index (χ1) is 9.63. The van der Waals surface area contributed by atoms with Gasteiger partial charge in [0.2, 0.25) is 10.0 Å². The summed E-state index contributed by atoms with van der Waals surface area (Å²) in [6.45, 7) is 4.83. The van der Waals surface area contributed by atoms with Crippen LogP contribution in [0.1, 0.15) is 19.4 Å². The van der Waals surface area contributed by atoms with Gasteiger partial charge in [-0.2, -0.15) is 0 Å². The van der Waals surface area contributed by atoms with Crippen LogP contribution in [0.2, 0.25) is 0 Å². The molecule has 1 rings (SSSR count). The number of rotatable bonds is 7. The van der Waals surface area contributed by atoms with Gasteiger partial charge in [0.1, 0.15) is 5.75 Å². The summed E-state index contributed by atoms with van der Waals surface area (Å²) < 4.78 is 31.5. The fraction of sp³-hybridized carbons (Fsp3) is 0.462. The lowest BCUT2D eigenvalue weighted by Crippen LogP contribution is -2.36. The summed E-state index contributed by atoms with van der Waals surface area (Å²) >= 11 is 0. The Morgan fingerprint density at radius 1 is 1.38 bits per heavy atom. The minimum atomic E-state index is -3.89. The molecule has 1 unspecified atom stereocenters. The van der Waals surface area contributed by atoms with Crippen molar-refractivity contribution in [2.75, 3.05) is 6.54 Å². The van der Waals surface area contributed by atoms with Gasteiger partial charge in [-0.1, -0.05) is 0 Å². The molecule has 0 spiro atoms. The molecule has 0 heterocycles. The van der Waals surface area contributed by atoms with Crippen LogP contribution >= 0.6 is 0 Å². The summed E-state index contributed by atoms with van der Waals surface area (Å²) in [7, 11) is -3.89. The summed E-state index contributed by atoms with van der Waals surface area (Å²) in [6.07, 6.45) is -1.82. The van der Waals surface area contributed by atoms with E-state index in [-0.39, 0.29) is 11.0 Å². The smallest absolute Gasteiger partial charge is 0.333 e. The van der Waals surface area contributed by atoms with Crippen LogP contribution in [0.3, 0.4) is 0 Å². The van der Waals surface area contributed by atoms with Crippen LogP contribution in [0.25, 0.3) is 0 Å². The van der Waals surface area contributed by atoms with E-state index in [0.717, 1.165) is 0 Å². The first-order valence-electron chi connectivity index (χ1n) is 6.31. The molecule has 0 bridgehead atoms. The number of carbonyl (C=O) groups is 1. The molecule has 118 valence electrons. The Kier molecular flexibility index (Phi) is 5.70. The van der Waals surface area contributed by atoms with E-state index in [2.05, 4.69) is 0 Å². The number of sulfonamides is 1. The molecule has 7 nitrogen and oxygen atoms in total. The van der Waals surface area contributed by atoms with E-state index in [1.54, 1.807) is 6.92 Å². The number of ether oxygens (including phenoxy) is 1. The highest BCUT2D eigenvalue weighted by Crippen LogP contribution is 2.22. The predicted molar refractivity (Wildman–Crippen MR) is 75.8 cm³/mol. The zero-order valence-corrected chi connectivity index (χ0v) is 12.8. The number of aliphatic hydroxyl groups is 1. The van der Waals surface area contributed by atoms with Gasteiger partial charge in [0.05, 0.1) is 11.0 Å². The van der Waals surface area contributed by atoms with Crippen molar-refractivity contribution >= 4 is 16.0 Å². The van der Waals surface area contributed by atoms with Crippen molar-refractivity contribution in [2.24, 2.45) is 0 Å². The Balaban J connectivity index is 2.89. The Hall–Kier alpha value is -1.64. The highest BCUT2D eigenvalue weighted by atomic mass is 32.2.